The highest BCUT2D eigenvalue weighted by molar-refractivity contribution is 7.11. The minimum absolute atomic E-state index is 0.323. The van der Waals surface area contributed by atoms with Gasteiger partial charge in [-0.25, -0.2) is 4.98 Å². The molecule has 1 aromatic heterocycles. The molecule has 0 aromatic carbocycles. The Bertz CT molecular complexity index is 299. The van der Waals surface area contributed by atoms with Crippen molar-refractivity contribution >= 4 is 11.3 Å². The Balaban J connectivity index is 2.53. The molecule has 1 atom stereocenters. The monoisotopic (exact) mass is 228 g/mol. The van der Waals surface area contributed by atoms with Crippen LogP contribution in [0.1, 0.15) is 35.5 Å². The average Bonchev–Trinajstić information content (AvgIpc) is 2.60. The van der Waals surface area contributed by atoms with Gasteiger partial charge in [-0.3, -0.25) is 0 Å². The first-order chi connectivity index (χ1) is 7.19. The lowest BCUT2D eigenvalue weighted by Gasteiger charge is -2.09. The van der Waals surface area contributed by atoms with E-state index in [-0.39, 0.29) is 0 Å². The molecule has 4 heteroatoms. The number of hydrogen-bond acceptors (Lipinski definition) is 4. The van der Waals surface area contributed by atoms with Crippen molar-refractivity contribution in [3.05, 3.63) is 15.6 Å². The molecule has 0 saturated heterocycles. The second kappa shape index (κ2) is 6.20. The van der Waals surface area contributed by atoms with Gasteiger partial charge in [0.1, 0.15) is 5.01 Å². The highest BCUT2D eigenvalue weighted by Crippen LogP contribution is 2.23. The van der Waals surface area contributed by atoms with Crippen LogP contribution in [0.25, 0.3) is 0 Å². The molecule has 0 spiro atoms. The van der Waals surface area contributed by atoms with E-state index in [1.807, 2.05) is 0 Å². The summed E-state index contributed by atoms with van der Waals surface area (Å²) < 4.78 is 5.00. The molecule has 0 aliphatic rings. The van der Waals surface area contributed by atoms with Gasteiger partial charge in [0.2, 0.25) is 0 Å². The van der Waals surface area contributed by atoms with Gasteiger partial charge in [-0.2, -0.15) is 0 Å². The van der Waals surface area contributed by atoms with Crippen LogP contribution in [0.15, 0.2) is 0 Å². The van der Waals surface area contributed by atoms with E-state index >= 15 is 0 Å². The summed E-state index contributed by atoms with van der Waals surface area (Å²) in [4.78, 5) is 5.96. The molecule has 1 unspecified atom stereocenters. The molecule has 0 radical (unpaired) electrons. The maximum Gasteiger partial charge on any atom is 0.110 e. The smallest absolute Gasteiger partial charge is 0.110 e. The van der Waals surface area contributed by atoms with Gasteiger partial charge in [-0.1, -0.05) is 6.92 Å². The number of nitrogens with zero attached hydrogens (tertiary/aromatic N) is 1. The average molecular weight is 228 g/mol. The molecule has 1 rings (SSSR count). The lowest BCUT2D eigenvalue weighted by Crippen LogP contribution is -2.22. The minimum Gasteiger partial charge on any atom is -0.383 e. The quantitative estimate of drug-likeness (QED) is 0.759. The summed E-state index contributed by atoms with van der Waals surface area (Å²) in [5, 5.41) is 4.57. The van der Waals surface area contributed by atoms with E-state index < -0.39 is 0 Å². The highest BCUT2D eigenvalue weighted by atomic mass is 32.1. The van der Waals surface area contributed by atoms with Crippen LogP contribution in [-0.4, -0.2) is 25.2 Å². The lowest BCUT2D eigenvalue weighted by atomic mass is 10.3. The molecule has 1 heterocycles. The minimum atomic E-state index is 0.323. The fraction of sp³-hybridized carbons (Fsp3) is 0.727. The van der Waals surface area contributed by atoms with Gasteiger partial charge in [-0.15, -0.1) is 11.3 Å². The number of nitrogens with one attached hydrogen (secondary N) is 1. The van der Waals surface area contributed by atoms with E-state index in [0.717, 1.165) is 19.6 Å². The zero-order chi connectivity index (χ0) is 11.3. The third-order valence-corrected chi connectivity index (χ3v) is 3.57. The summed E-state index contributed by atoms with van der Waals surface area (Å²) in [7, 11) is 1.72. The highest BCUT2D eigenvalue weighted by Gasteiger charge is 2.11. The molecule has 0 saturated carbocycles. The Hall–Kier alpha value is -0.450. The maximum atomic E-state index is 5.00. The van der Waals surface area contributed by atoms with Crippen LogP contribution in [0, 0.1) is 6.92 Å². The number of ether oxygens (including phenoxy) is 1. The van der Waals surface area contributed by atoms with Gasteiger partial charge in [0.25, 0.3) is 0 Å². The van der Waals surface area contributed by atoms with Crippen molar-refractivity contribution in [2.45, 2.75) is 33.2 Å². The normalized spacial score (nSPS) is 13.1. The van der Waals surface area contributed by atoms with Gasteiger partial charge in [-0.05, 0) is 20.3 Å². The standard InChI is InChI=1S/C11H20N2OS/c1-5-10-9(3)15-11(13-10)8(2)12-6-7-14-4/h8,12H,5-7H2,1-4H3. The predicted molar refractivity (Wildman–Crippen MR) is 64.5 cm³/mol. The molecule has 86 valence electrons. The van der Waals surface area contributed by atoms with Crippen molar-refractivity contribution in [1.29, 1.82) is 0 Å². The van der Waals surface area contributed by atoms with Gasteiger partial charge in [0.15, 0.2) is 0 Å². The van der Waals surface area contributed by atoms with E-state index in [2.05, 4.69) is 31.1 Å². The summed E-state index contributed by atoms with van der Waals surface area (Å²) >= 11 is 1.79. The number of thiazole rings is 1. The number of aromatic nitrogens is 1. The molecule has 0 aliphatic heterocycles. The maximum absolute atomic E-state index is 5.00. The summed E-state index contributed by atoms with van der Waals surface area (Å²) in [6.45, 7) is 8.05. The Morgan fingerprint density at radius 3 is 2.80 bits per heavy atom. The third kappa shape index (κ3) is 3.55. The van der Waals surface area contributed by atoms with E-state index in [1.54, 1.807) is 18.4 Å². The van der Waals surface area contributed by atoms with Crippen LogP contribution in [0.4, 0.5) is 0 Å². The van der Waals surface area contributed by atoms with Crippen LogP contribution in [0.3, 0.4) is 0 Å². The Labute approximate surface area is 95.9 Å². The Kier molecular flexibility index (Phi) is 5.22. The van der Waals surface area contributed by atoms with Gasteiger partial charge >= 0.3 is 0 Å². The third-order valence-electron chi connectivity index (χ3n) is 2.37. The second-order valence-electron chi connectivity index (χ2n) is 3.58. The number of aryl methyl sites for hydroxylation is 2. The predicted octanol–water partition coefficient (Wildman–Crippen LogP) is 2.31. The Morgan fingerprint density at radius 1 is 1.53 bits per heavy atom. The SMILES string of the molecule is CCc1nc(C(C)NCCOC)sc1C. The van der Waals surface area contributed by atoms with Crippen molar-refractivity contribution in [3.63, 3.8) is 0 Å². The first-order valence-corrected chi connectivity index (χ1v) is 6.19. The summed E-state index contributed by atoms with van der Waals surface area (Å²) in [6.07, 6.45) is 1.02. The zero-order valence-electron chi connectivity index (χ0n) is 9.96. The molecule has 0 amide bonds. The van der Waals surface area contributed by atoms with Gasteiger partial charge in [0.05, 0.1) is 18.3 Å². The van der Waals surface area contributed by atoms with E-state index in [4.69, 9.17) is 4.74 Å². The van der Waals surface area contributed by atoms with Crippen molar-refractivity contribution in [3.8, 4) is 0 Å². The molecule has 1 N–H and O–H groups in total. The Morgan fingerprint density at radius 2 is 2.27 bits per heavy atom. The van der Waals surface area contributed by atoms with Crippen LogP contribution in [-0.2, 0) is 11.2 Å². The van der Waals surface area contributed by atoms with Crippen molar-refractivity contribution in [2.75, 3.05) is 20.3 Å². The van der Waals surface area contributed by atoms with E-state index in [0.29, 0.717) is 6.04 Å². The molecular formula is C11H20N2OS. The molecule has 1 aromatic rings. The van der Waals surface area contributed by atoms with Crippen LogP contribution < -0.4 is 5.32 Å². The number of rotatable bonds is 6. The number of methoxy groups -OCH3 is 1. The fourth-order valence-corrected chi connectivity index (χ4v) is 2.47. The van der Waals surface area contributed by atoms with Crippen molar-refractivity contribution in [1.82, 2.24) is 10.3 Å². The lowest BCUT2D eigenvalue weighted by molar-refractivity contribution is 0.196. The first-order valence-electron chi connectivity index (χ1n) is 5.37. The van der Waals surface area contributed by atoms with Gasteiger partial charge < -0.3 is 10.1 Å². The molecule has 0 aliphatic carbocycles. The topological polar surface area (TPSA) is 34.2 Å². The van der Waals surface area contributed by atoms with Crippen molar-refractivity contribution < 1.29 is 4.74 Å². The molecule has 3 nitrogen and oxygen atoms in total. The molecule has 15 heavy (non-hydrogen) atoms. The van der Waals surface area contributed by atoms with Crippen LogP contribution >= 0.6 is 11.3 Å². The summed E-state index contributed by atoms with van der Waals surface area (Å²) in [5.74, 6) is 0. The molecule has 0 fully saturated rings. The summed E-state index contributed by atoms with van der Waals surface area (Å²) in [5.41, 5.74) is 1.23. The number of hydrogen-bond donors (Lipinski definition) is 1. The van der Waals surface area contributed by atoms with Crippen LogP contribution in [0.2, 0.25) is 0 Å². The molecular weight excluding hydrogens is 208 g/mol. The summed E-state index contributed by atoms with van der Waals surface area (Å²) in [6, 6.07) is 0.323. The second-order valence-corrected chi connectivity index (χ2v) is 4.81. The zero-order valence-corrected chi connectivity index (χ0v) is 10.8. The van der Waals surface area contributed by atoms with Gasteiger partial charge in [0, 0.05) is 18.5 Å². The van der Waals surface area contributed by atoms with Crippen LogP contribution in [0.5, 0.6) is 0 Å². The first kappa shape index (κ1) is 12.6. The molecule has 0 bridgehead atoms. The van der Waals surface area contributed by atoms with E-state index in [9.17, 15) is 0 Å². The van der Waals surface area contributed by atoms with E-state index in [1.165, 1.54) is 15.6 Å². The fourth-order valence-electron chi connectivity index (χ4n) is 1.43. The largest absolute Gasteiger partial charge is 0.383 e. The van der Waals surface area contributed by atoms with Crippen molar-refractivity contribution in [2.24, 2.45) is 0 Å².